The molecule has 1 heterocycles. The number of amides is 3. The molecule has 3 amide bonds. The minimum absolute atomic E-state index is 0.215. The molecule has 1 aliphatic rings. The lowest BCUT2D eigenvalue weighted by atomic mass is 9.78. The van der Waals surface area contributed by atoms with Gasteiger partial charge >= 0.3 is 7.12 Å². The van der Waals surface area contributed by atoms with Gasteiger partial charge in [0.25, 0.3) is 5.91 Å². The lowest BCUT2D eigenvalue weighted by molar-refractivity contribution is -0.119. The van der Waals surface area contributed by atoms with Crippen LogP contribution in [0.25, 0.3) is 0 Å². The zero-order valence-corrected chi connectivity index (χ0v) is 19.6. The summed E-state index contributed by atoms with van der Waals surface area (Å²) in [6.45, 7) is 9.32. The van der Waals surface area contributed by atoms with Crippen molar-refractivity contribution in [1.29, 1.82) is 0 Å². The Morgan fingerprint density at radius 2 is 1.55 bits per heavy atom. The smallest absolute Gasteiger partial charge is 0.399 e. The van der Waals surface area contributed by atoms with Crippen LogP contribution in [0.15, 0.2) is 48.5 Å². The van der Waals surface area contributed by atoms with Crippen LogP contribution in [0.2, 0.25) is 0 Å². The molecule has 9 heteroatoms. The van der Waals surface area contributed by atoms with Crippen molar-refractivity contribution in [3.63, 3.8) is 0 Å². The summed E-state index contributed by atoms with van der Waals surface area (Å²) in [7, 11) is -0.485. The SMILES string of the molecule is CC(=O)Nc1ccccc1C(=O)N[C@H](Cc1ccc(B2OC(C)(C)C(C)(C)O2)cc1)C(N)=O. The summed E-state index contributed by atoms with van der Waals surface area (Å²) in [6, 6.07) is 13.1. The molecule has 0 aromatic heterocycles. The first kappa shape index (κ1) is 24.5. The maximum Gasteiger partial charge on any atom is 0.494 e. The zero-order chi connectivity index (χ0) is 24.4. The Bertz CT molecular complexity index is 1040. The van der Waals surface area contributed by atoms with E-state index in [2.05, 4.69) is 10.6 Å². The van der Waals surface area contributed by atoms with Crippen molar-refractivity contribution in [3.05, 3.63) is 59.7 Å². The quantitative estimate of drug-likeness (QED) is 0.555. The molecule has 0 unspecified atom stereocenters. The summed E-state index contributed by atoms with van der Waals surface area (Å²) in [4.78, 5) is 36.3. The molecule has 1 saturated heterocycles. The van der Waals surface area contributed by atoms with Crippen molar-refractivity contribution in [2.45, 2.75) is 58.3 Å². The van der Waals surface area contributed by atoms with Crippen molar-refractivity contribution >= 4 is 36.0 Å². The molecular weight excluding hydrogens is 421 g/mol. The average Bonchev–Trinajstić information content (AvgIpc) is 2.95. The van der Waals surface area contributed by atoms with Gasteiger partial charge in [-0.25, -0.2) is 0 Å². The first-order chi connectivity index (χ1) is 15.4. The van der Waals surface area contributed by atoms with E-state index in [1.807, 2.05) is 52.0 Å². The van der Waals surface area contributed by atoms with E-state index >= 15 is 0 Å². The number of carbonyl (C=O) groups excluding carboxylic acids is 3. The van der Waals surface area contributed by atoms with E-state index < -0.39 is 36.2 Å². The number of nitrogens with two attached hydrogens (primary N) is 1. The number of hydrogen-bond acceptors (Lipinski definition) is 5. The maximum atomic E-state index is 12.8. The molecule has 4 N–H and O–H groups in total. The number of para-hydroxylation sites is 1. The lowest BCUT2D eigenvalue weighted by Crippen LogP contribution is -2.46. The van der Waals surface area contributed by atoms with E-state index in [1.165, 1.54) is 6.92 Å². The van der Waals surface area contributed by atoms with E-state index in [1.54, 1.807) is 24.3 Å². The minimum Gasteiger partial charge on any atom is -0.399 e. The molecule has 1 atom stereocenters. The van der Waals surface area contributed by atoms with Crippen molar-refractivity contribution in [2.75, 3.05) is 5.32 Å². The second-order valence-electron chi connectivity index (χ2n) is 9.19. The molecule has 0 radical (unpaired) electrons. The van der Waals surface area contributed by atoms with Crippen LogP contribution in [0.4, 0.5) is 5.69 Å². The van der Waals surface area contributed by atoms with Crippen molar-refractivity contribution < 1.29 is 23.7 Å². The Kier molecular flexibility index (Phi) is 6.95. The number of nitrogens with one attached hydrogen (secondary N) is 2. The molecule has 0 spiro atoms. The molecule has 0 saturated carbocycles. The van der Waals surface area contributed by atoms with Gasteiger partial charge in [0.15, 0.2) is 0 Å². The topological polar surface area (TPSA) is 120 Å². The van der Waals surface area contributed by atoms with E-state index in [0.29, 0.717) is 5.69 Å². The molecule has 1 aliphatic heterocycles. The third-order valence-electron chi connectivity index (χ3n) is 6.08. The lowest BCUT2D eigenvalue weighted by Gasteiger charge is -2.32. The van der Waals surface area contributed by atoms with Gasteiger partial charge in [-0.15, -0.1) is 0 Å². The van der Waals surface area contributed by atoms with Crippen molar-refractivity contribution in [3.8, 4) is 0 Å². The van der Waals surface area contributed by atoms with Crippen LogP contribution in [0.3, 0.4) is 0 Å². The summed E-state index contributed by atoms with van der Waals surface area (Å²) in [5.74, 6) is -1.46. The van der Waals surface area contributed by atoms with Gasteiger partial charge in [-0.05, 0) is 50.9 Å². The number of benzene rings is 2. The Balaban J connectivity index is 1.70. The zero-order valence-electron chi connectivity index (χ0n) is 19.6. The first-order valence-electron chi connectivity index (χ1n) is 10.8. The fourth-order valence-electron chi connectivity index (χ4n) is 3.46. The summed E-state index contributed by atoms with van der Waals surface area (Å²) >= 11 is 0. The predicted molar refractivity (Wildman–Crippen MR) is 127 cm³/mol. The van der Waals surface area contributed by atoms with Crippen LogP contribution in [0, 0.1) is 0 Å². The fourth-order valence-corrected chi connectivity index (χ4v) is 3.46. The number of primary amides is 1. The highest BCUT2D eigenvalue weighted by molar-refractivity contribution is 6.62. The maximum absolute atomic E-state index is 12.8. The van der Waals surface area contributed by atoms with Crippen LogP contribution in [-0.2, 0) is 25.3 Å². The second kappa shape index (κ2) is 9.37. The van der Waals surface area contributed by atoms with Crippen LogP contribution in [0.1, 0.15) is 50.5 Å². The second-order valence-corrected chi connectivity index (χ2v) is 9.19. The molecule has 174 valence electrons. The third-order valence-corrected chi connectivity index (χ3v) is 6.08. The van der Waals surface area contributed by atoms with Crippen LogP contribution in [0.5, 0.6) is 0 Å². The molecule has 8 nitrogen and oxygen atoms in total. The number of anilines is 1. The largest absolute Gasteiger partial charge is 0.494 e. The van der Waals surface area contributed by atoms with Gasteiger partial charge in [-0.3, -0.25) is 14.4 Å². The highest BCUT2D eigenvalue weighted by Gasteiger charge is 2.51. The van der Waals surface area contributed by atoms with Gasteiger partial charge in [0.2, 0.25) is 11.8 Å². The highest BCUT2D eigenvalue weighted by atomic mass is 16.7. The Labute approximate surface area is 194 Å². The predicted octanol–water partition coefficient (Wildman–Crippen LogP) is 1.77. The van der Waals surface area contributed by atoms with E-state index in [-0.39, 0.29) is 17.9 Å². The first-order valence-corrected chi connectivity index (χ1v) is 10.8. The monoisotopic (exact) mass is 451 g/mol. The van der Waals surface area contributed by atoms with Gasteiger partial charge in [0.1, 0.15) is 6.04 Å². The third kappa shape index (κ3) is 5.61. The Morgan fingerprint density at radius 3 is 2.09 bits per heavy atom. The van der Waals surface area contributed by atoms with Gasteiger partial charge in [0, 0.05) is 13.3 Å². The normalized spacial score (nSPS) is 17.3. The molecule has 0 bridgehead atoms. The molecular formula is C24H30BN3O5. The van der Waals surface area contributed by atoms with Crippen molar-refractivity contribution in [2.24, 2.45) is 5.73 Å². The standard InChI is InChI=1S/C24H30BN3O5/c1-15(29)27-19-9-7-6-8-18(19)22(31)28-20(21(26)30)14-16-10-12-17(13-11-16)25-32-23(2,3)24(4,5)33-25/h6-13,20H,14H2,1-5H3,(H2,26,30)(H,27,29)(H,28,31)/t20-/m1/s1. The van der Waals surface area contributed by atoms with E-state index in [0.717, 1.165) is 11.0 Å². The average molecular weight is 451 g/mol. The number of rotatable bonds is 7. The van der Waals surface area contributed by atoms with Crippen molar-refractivity contribution in [1.82, 2.24) is 5.32 Å². The number of carbonyl (C=O) groups is 3. The van der Waals surface area contributed by atoms with Gasteiger partial charge in [0.05, 0.1) is 22.5 Å². The minimum atomic E-state index is -0.925. The van der Waals surface area contributed by atoms with Crippen LogP contribution in [-0.4, -0.2) is 42.1 Å². The fraction of sp³-hybridized carbons (Fsp3) is 0.375. The molecule has 2 aromatic carbocycles. The molecule has 1 fully saturated rings. The van der Waals surface area contributed by atoms with E-state index in [4.69, 9.17) is 15.0 Å². The van der Waals surface area contributed by atoms with Crippen LogP contribution >= 0.6 is 0 Å². The molecule has 33 heavy (non-hydrogen) atoms. The number of hydrogen-bond donors (Lipinski definition) is 3. The summed E-state index contributed by atoms with van der Waals surface area (Å²) < 4.78 is 12.1. The molecule has 3 rings (SSSR count). The summed E-state index contributed by atoms with van der Waals surface area (Å²) in [6.07, 6.45) is 0.215. The van der Waals surface area contributed by atoms with E-state index in [9.17, 15) is 14.4 Å². The molecule has 2 aromatic rings. The summed E-state index contributed by atoms with van der Waals surface area (Å²) in [5, 5.41) is 5.28. The summed E-state index contributed by atoms with van der Waals surface area (Å²) in [5.41, 5.74) is 6.96. The van der Waals surface area contributed by atoms with Crippen LogP contribution < -0.4 is 21.8 Å². The van der Waals surface area contributed by atoms with Gasteiger partial charge in [-0.2, -0.15) is 0 Å². The Hall–Kier alpha value is -3.17. The van der Waals surface area contributed by atoms with Gasteiger partial charge in [-0.1, -0.05) is 36.4 Å². The molecule has 0 aliphatic carbocycles. The highest BCUT2D eigenvalue weighted by Crippen LogP contribution is 2.36. The Morgan fingerprint density at radius 1 is 0.970 bits per heavy atom. The van der Waals surface area contributed by atoms with Gasteiger partial charge < -0.3 is 25.7 Å².